The summed E-state index contributed by atoms with van der Waals surface area (Å²) in [6.07, 6.45) is 3.43. The van der Waals surface area contributed by atoms with Crippen molar-refractivity contribution in [2.24, 2.45) is 0 Å². The first-order chi connectivity index (χ1) is 15.2. The van der Waals surface area contributed by atoms with Gasteiger partial charge in [-0.1, -0.05) is 30.3 Å². The average molecular weight is 427 g/mol. The van der Waals surface area contributed by atoms with Gasteiger partial charge < -0.3 is 9.30 Å². The van der Waals surface area contributed by atoms with Crippen LogP contribution in [0.4, 0.5) is 5.13 Å². The molecule has 0 saturated heterocycles. The van der Waals surface area contributed by atoms with E-state index in [-0.39, 0.29) is 5.57 Å². The Hall–Kier alpha value is -4.15. The molecule has 4 aromatic rings. The fourth-order valence-electron chi connectivity index (χ4n) is 3.02. The van der Waals surface area contributed by atoms with Crippen molar-refractivity contribution >= 4 is 28.5 Å². The van der Waals surface area contributed by atoms with Gasteiger partial charge in [-0.25, -0.2) is 4.98 Å². The van der Waals surface area contributed by atoms with Crippen LogP contribution in [0.15, 0.2) is 83.9 Å². The summed E-state index contributed by atoms with van der Waals surface area (Å²) in [5, 5.41) is 14.6. The van der Waals surface area contributed by atoms with Gasteiger partial charge in [-0.2, -0.15) is 5.26 Å². The van der Waals surface area contributed by atoms with E-state index >= 15 is 0 Å². The highest BCUT2D eigenvalue weighted by Crippen LogP contribution is 2.25. The number of ether oxygens (including phenoxy) is 1. The zero-order chi connectivity index (χ0) is 21.6. The molecular weight excluding hydrogens is 408 g/mol. The Bertz CT molecular complexity index is 1260. The summed E-state index contributed by atoms with van der Waals surface area (Å²) in [5.41, 5.74) is 3.33. The number of thiazole rings is 1. The highest BCUT2D eigenvalue weighted by atomic mass is 32.1. The first-order valence-corrected chi connectivity index (χ1v) is 10.3. The average Bonchev–Trinajstić information content (AvgIpc) is 3.47. The zero-order valence-electron chi connectivity index (χ0n) is 16.6. The van der Waals surface area contributed by atoms with Gasteiger partial charge >= 0.3 is 0 Å². The minimum Gasteiger partial charge on any atom is -0.497 e. The maximum absolute atomic E-state index is 12.7. The van der Waals surface area contributed by atoms with Gasteiger partial charge in [0.05, 0.1) is 12.8 Å². The summed E-state index contributed by atoms with van der Waals surface area (Å²) >= 11 is 1.32. The molecule has 0 saturated carbocycles. The van der Waals surface area contributed by atoms with Crippen molar-refractivity contribution in [1.82, 2.24) is 9.55 Å². The fraction of sp³-hybridized carbons (Fsp3) is 0.0417. The molecule has 4 rings (SSSR count). The third-order valence-corrected chi connectivity index (χ3v) is 5.34. The Morgan fingerprint density at radius 2 is 1.90 bits per heavy atom. The van der Waals surface area contributed by atoms with Crippen molar-refractivity contribution < 1.29 is 9.53 Å². The minimum atomic E-state index is -0.501. The molecule has 7 heteroatoms. The van der Waals surface area contributed by atoms with Crippen LogP contribution in [0.2, 0.25) is 0 Å². The lowest BCUT2D eigenvalue weighted by Gasteiger charge is -2.08. The Morgan fingerprint density at radius 3 is 2.61 bits per heavy atom. The van der Waals surface area contributed by atoms with Gasteiger partial charge in [0.25, 0.3) is 5.91 Å². The molecule has 1 amide bonds. The molecule has 152 valence electrons. The van der Waals surface area contributed by atoms with Gasteiger partial charge in [0.1, 0.15) is 17.4 Å². The number of benzene rings is 2. The maximum Gasteiger partial charge on any atom is 0.268 e. The van der Waals surface area contributed by atoms with Crippen LogP contribution in [0.3, 0.4) is 0 Å². The zero-order valence-corrected chi connectivity index (χ0v) is 17.5. The molecular formula is C24H18N4O2S. The molecule has 0 spiro atoms. The Labute approximate surface area is 183 Å². The second-order valence-electron chi connectivity index (χ2n) is 6.53. The van der Waals surface area contributed by atoms with E-state index in [1.807, 2.05) is 88.9 Å². The number of anilines is 1. The van der Waals surface area contributed by atoms with Gasteiger partial charge in [-0.05, 0) is 42.5 Å². The largest absolute Gasteiger partial charge is 0.497 e. The van der Waals surface area contributed by atoms with E-state index in [0.717, 1.165) is 22.7 Å². The normalized spacial score (nSPS) is 11.0. The smallest absolute Gasteiger partial charge is 0.268 e. The number of hydrogen-bond acceptors (Lipinski definition) is 5. The van der Waals surface area contributed by atoms with E-state index in [2.05, 4.69) is 10.3 Å². The van der Waals surface area contributed by atoms with Crippen molar-refractivity contribution in [2.45, 2.75) is 0 Å². The molecule has 0 radical (unpaired) electrons. The minimum absolute atomic E-state index is 0.00933. The molecule has 0 bridgehead atoms. The molecule has 0 unspecified atom stereocenters. The maximum atomic E-state index is 12.7. The standard InChI is InChI=1S/C24H18N4O2S/c1-30-21-11-9-19(10-12-21)28-13-5-8-20(28)14-18(15-25)23(29)27-24-26-22(16-31-24)17-6-3-2-4-7-17/h2-14,16H,1H3,(H,26,27,29)/b18-14-. The van der Waals surface area contributed by atoms with Crippen LogP contribution in [-0.2, 0) is 4.79 Å². The number of carbonyl (C=O) groups excluding carboxylic acids is 1. The van der Waals surface area contributed by atoms with Crippen LogP contribution in [0.5, 0.6) is 5.75 Å². The Balaban J connectivity index is 1.54. The summed E-state index contributed by atoms with van der Waals surface area (Å²) in [4.78, 5) is 17.1. The number of nitrogens with zero attached hydrogens (tertiary/aromatic N) is 3. The topological polar surface area (TPSA) is 79.9 Å². The number of aromatic nitrogens is 2. The van der Waals surface area contributed by atoms with E-state index in [4.69, 9.17) is 4.74 Å². The monoisotopic (exact) mass is 426 g/mol. The van der Waals surface area contributed by atoms with E-state index < -0.39 is 5.91 Å². The lowest BCUT2D eigenvalue weighted by molar-refractivity contribution is -0.112. The number of rotatable bonds is 6. The Kier molecular flexibility index (Phi) is 5.92. The highest BCUT2D eigenvalue weighted by Gasteiger charge is 2.14. The van der Waals surface area contributed by atoms with E-state index in [1.165, 1.54) is 11.3 Å². The molecule has 0 fully saturated rings. The van der Waals surface area contributed by atoms with Crippen molar-refractivity contribution in [1.29, 1.82) is 5.26 Å². The lowest BCUT2D eigenvalue weighted by atomic mass is 10.2. The van der Waals surface area contributed by atoms with Gasteiger partial charge in [-0.3, -0.25) is 10.1 Å². The van der Waals surface area contributed by atoms with Gasteiger partial charge in [0.15, 0.2) is 5.13 Å². The molecule has 1 N–H and O–H groups in total. The fourth-order valence-corrected chi connectivity index (χ4v) is 3.74. The highest BCUT2D eigenvalue weighted by molar-refractivity contribution is 7.14. The molecule has 6 nitrogen and oxygen atoms in total. The molecule has 31 heavy (non-hydrogen) atoms. The summed E-state index contributed by atoms with van der Waals surface area (Å²) in [6, 6.07) is 22.9. The van der Waals surface area contributed by atoms with Gasteiger partial charge in [0, 0.05) is 28.5 Å². The predicted octanol–water partition coefficient (Wildman–Crippen LogP) is 5.16. The van der Waals surface area contributed by atoms with E-state index in [9.17, 15) is 10.1 Å². The van der Waals surface area contributed by atoms with Crippen LogP contribution in [0.25, 0.3) is 23.0 Å². The van der Waals surface area contributed by atoms with Crippen molar-refractivity contribution in [3.8, 4) is 28.8 Å². The molecule has 0 aliphatic carbocycles. The molecule has 0 aliphatic heterocycles. The summed E-state index contributed by atoms with van der Waals surface area (Å²) in [5.74, 6) is 0.252. The number of nitriles is 1. The molecule has 0 atom stereocenters. The number of amides is 1. The molecule has 0 aliphatic rings. The van der Waals surface area contributed by atoms with Gasteiger partial charge in [-0.15, -0.1) is 11.3 Å². The van der Waals surface area contributed by atoms with Gasteiger partial charge in [0.2, 0.25) is 0 Å². The SMILES string of the molecule is COc1ccc(-n2cccc2/C=C(/C#N)C(=O)Nc2nc(-c3ccccc3)cs2)cc1. The number of carbonyl (C=O) groups is 1. The van der Waals surface area contributed by atoms with Crippen molar-refractivity contribution in [3.05, 3.63) is 89.6 Å². The molecule has 2 aromatic carbocycles. The number of hydrogen-bond donors (Lipinski definition) is 1. The van der Waals surface area contributed by atoms with Crippen LogP contribution in [0.1, 0.15) is 5.69 Å². The lowest BCUT2D eigenvalue weighted by Crippen LogP contribution is -2.13. The number of nitrogens with one attached hydrogen (secondary N) is 1. The van der Waals surface area contributed by atoms with Crippen LogP contribution in [0, 0.1) is 11.3 Å². The molecule has 2 aromatic heterocycles. The summed E-state index contributed by atoms with van der Waals surface area (Å²) in [6.45, 7) is 0. The van der Waals surface area contributed by atoms with E-state index in [0.29, 0.717) is 10.8 Å². The van der Waals surface area contributed by atoms with Crippen LogP contribution in [-0.4, -0.2) is 22.6 Å². The second kappa shape index (κ2) is 9.11. The predicted molar refractivity (Wildman–Crippen MR) is 122 cm³/mol. The van der Waals surface area contributed by atoms with Crippen molar-refractivity contribution in [2.75, 3.05) is 12.4 Å². The van der Waals surface area contributed by atoms with E-state index in [1.54, 1.807) is 13.2 Å². The number of methoxy groups -OCH3 is 1. The van der Waals surface area contributed by atoms with Crippen molar-refractivity contribution in [3.63, 3.8) is 0 Å². The first kappa shape index (κ1) is 20.1. The summed E-state index contributed by atoms with van der Waals surface area (Å²) < 4.78 is 7.08. The molecule has 2 heterocycles. The van der Waals surface area contributed by atoms with Crippen LogP contribution >= 0.6 is 11.3 Å². The van der Waals surface area contributed by atoms with Crippen LogP contribution < -0.4 is 10.1 Å². The quantitative estimate of drug-likeness (QED) is 0.341. The third-order valence-electron chi connectivity index (χ3n) is 4.58. The third kappa shape index (κ3) is 4.55. The first-order valence-electron chi connectivity index (χ1n) is 9.44. The summed E-state index contributed by atoms with van der Waals surface area (Å²) in [7, 11) is 1.61. The Morgan fingerprint density at radius 1 is 1.13 bits per heavy atom. The second-order valence-corrected chi connectivity index (χ2v) is 7.39.